The highest BCUT2D eigenvalue weighted by Crippen LogP contribution is 2.36. The molecule has 1 aliphatic rings. The second kappa shape index (κ2) is 11.7. The van der Waals surface area contributed by atoms with E-state index in [2.05, 4.69) is 52.3 Å². The molecule has 0 N–H and O–H groups in total. The van der Waals surface area contributed by atoms with Gasteiger partial charge in [-0.25, -0.2) is 9.18 Å². The van der Waals surface area contributed by atoms with E-state index in [0.717, 1.165) is 53.5 Å². The van der Waals surface area contributed by atoms with Crippen LogP contribution in [-0.4, -0.2) is 24.9 Å². The molecule has 2 aromatic carbocycles. The van der Waals surface area contributed by atoms with Crippen LogP contribution < -0.4 is 4.74 Å². The molecule has 0 bridgehead atoms. The normalized spacial score (nSPS) is 19.6. The third-order valence-corrected chi connectivity index (χ3v) is 6.59. The van der Waals surface area contributed by atoms with Gasteiger partial charge in [0.2, 0.25) is 0 Å². The number of esters is 1. The van der Waals surface area contributed by atoms with E-state index in [1.54, 1.807) is 0 Å². The Bertz CT molecular complexity index is 844. The van der Waals surface area contributed by atoms with Crippen molar-refractivity contribution in [2.45, 2.75) is 77.0 Å². The molecule has 1 aliphatic carbocycles. The molecule has 3 rings (SSSR count). The van der Waals surface area contributed by atoms with Crippen LogP contribution in [0.5, 0.6) is 5.75 Å². The van der Waals surface area contributed by atoms with Crippen LogP contribution in [-0.2, 0) is 9.53 Å². The summed E-state index contributed by atoms with van der Waals surface area (Å²) in [5, 5.41) is 0. The summed E-state index contributed by atoms with van der Waals surface area (Å²) < 4.78 is 25.8. The van der Waals surface area contributed by atoms with E-state index in [9.17, 15) is 9.18 Å². The molecule has 0 heterocycles. The molecule has 168 valence electrons. The second-order valence-electron chi connectivity index (χ2n) is 8.22. The van der Waals surface area contributed by atoms with E-state index in [4.69, 9.17) is 9.47 Å². The lowest BCUT2D eigenvalue weighted by atomic mass is 9.82. The zero-order chi connectivity index (χ0) is 22.2. The fourth-order valence-corrected chi connectivity index (χ4v) is 4.65. The lowest BCUT2D eigenvalue weighted by molar-refractivity contribution is -0.157. The number of carbonyl (C=O) groups is 1. The van der Waals surface area contributed by atoms with Crippen molar-refractivity contribution in [1.82, 2.24) is 0 Å². The van der Waals surface area contributed by atoms with Gasteiger partial charge in [-0.15, -0.1) is 0 Å². The van der Waals surface area contributed by atoms with Gasteiger partial charge in [-0.1, -0.05) is 50.1 Å². The van der Waals surface area contributed by atoms with Gasteiger partial charge in [0.25, 0.3) is 0 Å². The van der Waals surface area contributed by atoms with Gasteiger partial charge in [0.1, 0.15) is 11.9 Å². The van der Waals surface area contributed by atoms with E-state index < -0.39 is 12.1 Å². The molecule has 1 atom stereocenters. The van der Waals surface area contributed by atoms with Crippen LogP contribution in [0.3, 0.4) is 0 Å². The molecule has 0 saturated heterocycles. The maximum absolute atomic E-state index is 13.9. The molecule has 0 radical (unpaired) electrons. The summed E-state index contributed by atoms with van der Waals surface area (Å²) in [6.45, 7) is 4.60. The van der Waals surface area contributed by atoms with Gasteiger partial charge in [0, 0.05) is 0 Å². The van der Waals surface area contributed by atoms with Gasteiger partial charge < -0.3 is 9.47 Å². The van der Waals surface area contributed by atoms with Gasteiger partial charge in [0.05, 0.1) is 11.1 Å². The Morgan fingerprint density at radius 1 is 1.06 bits per heavy atom. The number of hydrogen-bond acceptors (Lipinski definition) is 3. The Hall–Kier alpha value is -1.88. The Kier molecular flexibility index (Phi) is 8.94. The Balaban J connectivity index is 1.53. The zero-order valence-corrected chi connectivity index (χ0v) is 20.0. The molecule has 0 spiro atoms. The summed E-state index contributed by atoms with van der Waals surface area (Å²) in [5.41, 5.74) is 3.61. The first-order valence-corrected chi connectivity index (χ1v) is 12.2. The molecule has 2 aromatic rings. The summed E-state index contributed by atoms with van der Waals surface area (Å²) in [5.74, 6) is 0.630. The van der Waals surface area contributed by atoms with Crippen LogP contribution in [0.2, 0.25) is 0 Å². The minimum absolute atomic E-state index is 0.149. The number of hydrogen-bond donors (Lipinski definition) is 0. The molecule has 5 heteroatoms. The minimum atomic E-state index is -1.48. The van der Waals surface area contributed by atoms with Gasteiger partial charge in [0.15, 0.2) is 6.17 Å². The molecule has 31 heavy (non-hydrogen) atoms. The first kappa shape index (κ1) is 23.8. The standard InChI is InChI=1S/C26H32BrFO3/c1-3-5-6-24(28)26(29)31-22-14-11-19(12-15-22)18-7-9-20(10-8-18)21-13-16-25(30-4-2)23(27)17-21/h7-10,13,16-17,19,22,24H,3-6,11-12,14-15H2,1-2H3/t19-,22-,24-/m0/s1. The van der Waals surface area contributed by atoms with Crippen molar-refractivity contribution < 1.29 is 18.7 Å². The highest BCUT2D eigenvalue weighted by Gasteiger charge is 2.27. The molecule has 0 aromatic heterocycles. The third kappa shape index (κ3) is 6.55. The highest BCUT2D eigenvalue weighted by molar-refractivity contribution is 9.10. The fourth-order valence-electron chi connectivity index (χ4n) is 4.15. The summed E-state index contributed by atoms with van der Waals surface area (Å²) in [6, 6.07) is 14.8. The molecule has 3 nitrogen and oxygen atoms in total. The molecule has 1 fully saturated rings. The molecule has 0 amide bonds. The van der Waals surface area contributed by atoms with Crippen molar-refractivity contribution in [1.29, 1.82) is 0 Å². The number of ether oxygens (including phenoxy) is 2. The van der Waals surface area contributed by atoms with Crippen molar-refractivity contribution in [3.63, 3.8) is 0 Å². The first-order chi connectivity index (χ1) is 15.0. The van der Waals surface area contributed by atoms with Crippen LogP contribution in [0.4, 0.5) is 4.39 Å². The average Bonchev–Trinajstić information content (AvgIpc) is 2.79. The van der Waals surface area contributed by atoms with Crippen LogP contribution in [0, 0.1) is 0 Å². The smallest absolute Gasteiger partial charge is 0.340 e. The molecular formula is C26H32BrFO3. The topological polar surface area (TPSA) is 35.5 Å². The lowest BCUT2D eigenvalue weighted by Gasteiger charge is -2.29. The molecule has 1 saturated carbocycles. The van der Waals surface area contributed by atoms with Crippen molar-refractivity contribution in [3.05, 3.63) is 52.5 Å². The number of unbranched alkanes of at least 4 members (excludes halogenated alkanes) is 1. The predicted octanol–water partition coefficient (Wildman–Crippen LogP) is 7.61. The summed E-state index contributed by atoms with van der Waals surface area (Å²) >= 11 is 3.58. The average molecular weight is 491 g/mol. The largest absolute Gasteiger partial charge is 0.493 e. The number of alkyl halides is 1. The summed E-state index contributed by atoms with van der Waals surface area (Å²) in [7, 11) is 0. The van der Waals surface area contributed by atoms with Crippen LogP contribution >= 0.6 is 15.9 Å². The van der Waals surface area contributed by atoms with E-state index in [1.807, 2.05) is 19.9 Å². The molecular weight excluding hydrogens is 459 g/mol. The summed E-state index contributed by atoms with van der Waals surface area (Å²) in [4.78, 5) is 11.9. The van der Waals surface area contributed by atoms with E-state index >= 15 is 0 Å². The van der Waals surface area contributed by atoms with Crippen LogP contribution in [0.15, 0.2) is 46.9 Å². The van der Waals surface area contributed by atoms with Crippen molar-refractivity contribution >= 4 is 21.9 Å². The van der Waals surface area contributed by atoms with E-state index in [-0.39, 0.29) is 12.5 Å². The molecule has 0 unspecified atom stereocenters. The van der Waals surface area contributed by atoms with Gasteiger partial charge in [-0.2, -0.15) is 0 Å². The van der Waals surface area contributed by atoms with E-state index in [1.165, 1.54) is 5.56 Å². The van der Waals surface area contributed by atoms with Gasteiger partial charge in [-0.3, -0.25) is 0 Å². The van der Waals surface area contributed by atoms with Crippen molar-refractivity contribution in [3.8, 4) is 16.9 Å². The first-order valence-electron chi connectivity index (χ1n) is 11.4. The quantitative estimate of drug-likeness (QED) is 0.339. The van der Waals surface area contributed by atoms with Crippen LogP contribution in [0.25, 0.3) is 11.1 Å². The monoisotopic (exact) mass is 490 g/mol. The van der Waals surface area contributed by atoms with Crippen molar-refractivity contribution in [2.75, 3.05) is 6.61 Å². The van der Waals surface area contributed by atoms with Gasteiger partial charge in [-0.05, 0) is 89.7 Å². The fraction of sp³-hybridized carbons (Fsp3) is 0.500. The highest BCUT2D eigenvalue weighted by atomic mass is 79.9. The number of benzene rings is 2. The SMILES string of the molecule is CCCC[C@H](F)C(=O)O[C@H]1CC[C@H](c2ccc(-c3ccc(OCC)c(Br)c3)cc2)CC1. The zero-order valence-electron chi connectivity index (χ0n) is 18.4. The minimum Gasteiger partial charge on any atom is -0.493 e. The predicted molar refractivity (Wildman–Crippen MR) is 126 cm³/mol. The number of carbonyl (C=O) groups excluding carboxylic acids is 1. The number of rotatable bonds is 9. The third-order valence-electron chi connectivity index (χ3n) is 5.97. The van der Waals surface area contributed by atoms with E-state index in [0.29, 0.717) is 18.9 Å². The molecule has 0 aliphatic heterocycles. The Morgan fingerprint density at radius 2 is 1.74 bits per heavy atom. The van der Waals surface area contributed by atoms with Gasteiger partial charge >= 0.3 is 5.97 Å². The van der Waals surface area contributed by atoms with Crippen molar-refractivity contribution in [2.24, 2.45) is 0 Å². The Labute approximate surface area is 193 Å². The van der Waals surface area contributed by atoms with Crippen LogP contribution in [0.1, 0.15) is 70.3 Å². The maximum Gasteiger partial charge on any atom is 0.340 e. The number of halogens is 2. The Morgan fingerprint density at radius 3 is 2.35 bits per heavy atom. The maximum atomic E-state index is 13.9. The summed E-state index contributed by atoms with van der Waals surface area (Å²) in [6.07, 6.45) is 3.74. The lowest BCUT2D eigenvalue weighted by Crippen LogP contribution is -2.28. The second-order valence-corrected chi connectivity index (χ2v) is 9.07.